The van der Waals surface area contributed by atoms with E-state index in [-0.39, 0.29) is 19.8 Å². The Hall–Kier alpha value is -0.860. The summed E-state index contributed by atoms with van der Waals surface area (Å²) in [7, 11) is 0. The summed E-state index contributed by atoms with van der Waals surface area (Å²) in [6, 6.07) is -0.727. The van der Waals surface area contributed by atoms with Crippen LogP contribution >= 0.6 is 0 Å². The summed E-state index contributed by atoms with van der Waals surface area (Å²) in [6.07, 6.45) is -4.40. The Morgan fingerprint density at radius 2 is 2.06 bits per heavy atom. The van der Waals surface area contributed by atoms with Crippen LogP contribution in [0.2, 0.25) is 0 Å². The molecule has 0 rings (SSSR count). The third kappa shape index (κ3) is 10.0. The molecule has 0 aliphatic carbocycles. The Labute approximate surface area is 97.3 Å². The van der Waals surface area contributed by atoms with Crippen molar-refractivity contribution in [1.29, 1.82) is 0 Å². The molecule has 0 aliphatic rings. The lowest BCUT2D eigenvalue weighted by atomic mass is 10.3. The van der Waals surface area contributed by atoms with Crippen molar-refractivity contribution in [3.8, 4) is 0 Å². The smallest absolute Gasteiger partial charge is 0.394 e. The monoisotopic (exact) mass is 258 g/mol. The summed E-state index contributed by atoms with van der Waals surface area (Å²) in [4.78, 5) is 11.2. The molecule has 0 spiro atoms. The van der Waals surface area contributed by atoms with E-state index in [9.17, 15) is 18.0 Å². The lowest BCUT2D eigenvalue weighted by Gasteiger charge is -2.15. The van der Waals surface area contributed by atoms with E-state index in [0.717, 1.165) is 0 Å². The molecule has 1 atom stereocenters. The Bertz CT molecular complexity index is 224. The molecule has 1 unspecified atom stereocenters. The van der Waals surface area contributed by atoms with Crippen molar-refractivity contribution >= 4 is 5.91 Å². The summed E-state index contributed by atoms with van der Waals surface area (Å²) < 4.78 is 40.3. The predicted molar refractivity (Wildman–Crippen MR) is 54.4 cm³/mol. The van der Waals surface area contributed by atoms with Gasteiger partial charge in [0.05, 0.1) is 25.9 Å². The third-order valence-electron chi connectivity index (χ3n) is 1.79. The number of aliphatic hydroxyl groups excluding tert-OH is 1. The first-order chi connectivity index (χ1) is 7.87. The topological polar surface area (TPSA) is 70.6 Å². The molecule has 0 aliphatic heterocycles. The molecule has 0 saturated heterocycles. The first kappa shape index (κ1) is 16.1. The van der Waals surface area contributed by atoms with Gasteiger partial charge in [-0.05, 0) is 6.92 Å². The maximum atomic E-state index is 11.8. The quantitative estimate of drug-likeness (QED) is 0.521. The van der Waals surface area contributed by atoms with Crippen LogP contribution in [0.15, 0.2) is 0 Å². The average molecular weight is 258 g/mol. The molecule has 0 aromatic rings. The Balaban J connectivity index is 3.61. The summed E-state index contributed by atoms with van der Waals surface area (Å²) in [5.74, 6) is -0.718. The molecule has 0 radical (unpaired) electrons. The molecule has 17 heavy (non-hydrogen) atoms. The van der Waals surface area contributed by atoms with Gasteiger partial charge in [0.15, 0.2) is 0 Å². The lowest BCUT2D eigenvalue weighted by Crippen LogP contribution is -2.46. The van der Waals surface area contributed by atoms with Gasteiger partial charge < -0.3 is 20.5 Å². The molecule has 5 nitrogen and oxygen atoms in total. The number of rotatable bonds is 8. The normalized spacial score (nSPS) is 13.5. The summed E-state index contributed by atoms with van der Waals surface area (Å²) in [5.41, 5.74) is 0. The fraction of sp³-hybridized carbons (Fsp3) is 0.889. The van der Waals surface area contributed by atoms with Crippen LogP contribution < -0.4 is 10.6 Å². The molecular weight excluding hydrogens is 241 g/mol. The number of alkyl halides is 3. The number of ether oxygens (including phenoxy) is 1. The van der Waals surface area contributed by atoms with Crippen molar-refractivity contribution in [2.45, 2.75) is 19.1 Å². The van der Waals surface area contributed by atoms with Crippen LogP contribution in [0.4, 0.5) is 13.2 Å². The minimum absolute atomic E-state index is 0.0956. The molecule has 8 heteroatoms. The maximum Gasteiger partial charge on any atom is 0.405 e. The zero-order valence-electron chi connectivity index (χ0n) is 9.51. The number of hydrogen-bond acceptors (Lipinski definition) is 4. The summed E-state index contributed by atoms with van der Waals surface area (Å²) in [6.45, 7) is 0.812. The second-order valence-corrected chi connectivity index (χ2v) is 3.34. The number of carbonyl (C=O) groups excluding carboxylic acids is 1. The number of hydrogen-bond donors (Lipinski definition) is 3. The van der Waals surface area contributed by atoms with Gasteiger partial charge in [0.25, 0.3) is 0 Å². The van der Waals surface area contributed by atoms with Crippen LogP contribution in [0.3, 0.4) is 0 Å². The molecule has 0 fully saturated rings. The second-order valence-electron chi connectivity index (χ2n) is 3.34. The predicted octanol–water partition coefficient (Wildman–Crippen LogP) is -0.348. The highest BCUT2D eigenvalue weighted by atomic mass is 19.4. The first-order valence-electron chi connectivity index (χ1n) is 5.13. The van der Waals surface area contributed by atoms with Crippen LogP contribution in [-0.4, -0.2) is 56.1 Å². The van der Waals surface area contributed by atoms with Gasteiger partial charge in [-0.15, -0.1) is 0 Å². The van der Waals surface area contributed by atoms with E-state index >= 15 is 0 Å². The number of amides is 1. The Morgan fingerprint density at radius 3 is 2.59 bits per heavy atom. The summed E-state index contributed by atoms with van der Waals surface area (Å²) in [5, 5.41) is 12.9. The number of halogens is 3. The SMILES string of the molecule is CC(NCCOCCO)C(=O)NCC(F)(F)F. The zero-order valence-corrected chi connectivity index (χ0v) is 9.51. The van der Waals surface area contributed by atoms with Crippen LogP contribution in [0.5, 0.6) is 0 Å². The van der Waals surface area contributed by atoms with Gasteiger partial charge in [-0.1, -0.05) is 0 Å². The largest absolute Gasteiger partial charge is 0.405 e. The van der Waals surface area contributed by atoms with Gasteiger partial charge >= 0.3 is 6.18 Å². The van der Waals surface area contributed by atoms with Crippen molar-refractivity contribution in [1.82, 2.24) is 10.6 Å². The van der Waals surface area contributed by atoms with Crippen molar-refractivity contribution in [2.24, 2.45) is 0 Å². The zero-order chi connectivity index (χ0) is 13.3. The van der Waals surface area contributed by atoms with Crippen molar-refractivity contribution < 1.29 is 27.8 Å². The molecule has 0 bridgehead atoms. The number of aliphatic hydroxyl groups is 1. The molecule has 0 heterocycles. The van der Waals surface area contributed by atoms with Crippen molar-refractivity contribution in [2.75, 3.05) is 32.9 Å². The molecule has 1 amide bonds. The molecule has 3 N–H and O–H groups in total. The highest BCUT2D eigenvalue weighted by Gasteiger charge is 2.28. The third-order valence-corrected chi connectivity index (χ3v) is 1.79. The van der Waals surface area contributed by atoms with Crippen LogP contribution in [0, 0.1) is 0 Å². The van der Waals surface area contributed by atoms with Gasteiger partial charge in [0.2, 0.25) is 5.91 Å². The van der Waals surface area contributed by atoms with E-state index < -0.39 is 24.7 Å². The van der Waals surface area contributed by atoms with Gasteiger partial charge in [0, 0.05) is 6.54 Å². The highest BCUT2D eigenvalue weighted by molar-refractivity contribution is 5.81. The van der Waals surface area contributed by atoms with Crippen LogP contribution in [0.25, 0.3) is 0 Å². The van der Waals surface area contributed by atoms with E-state index in [1.165, 1.54) is 6.92 Å². The molecular formula is C9H17F3N2O3. The Kier molecular flexibility index (Phi) is 7.85. The van der Waals surface area contributed by atoms with Crippen LogP contribution in [-0.2, 0) is 9.53 Å². The molecule has 102 valence electrons. The molecule has 0 saturated carbocycles. The van der Waals surface area contributed by atoms with E-state index in [0.29, 0.717) is 6.54 Å². The molecule has 0 aromatic carbocycles. The summed E-state index contributed by atoms with van der Waals surface area (Å²) >= 11 is 0. The van der Waals surface area contributed by atoms with Crippen molar-refractivity contribution in [3.05, 3.63) is 0 Å². The average Bonchev–Trinajstić information content (AvgIpc) is 2.24. The van der Waals surface area contributed by atoms with E-state index in [4.69, 9.17) is 9.84 Å². The van der Waals surface area contributed by atoms with Gasteiger partial charge in [-0.2, -0.15) is 13.2 Å². The number of nitrogens with one attached hydrogen (secondary N) is 2. The maximum absolute atomic E-state index is 11.8. The Morgan fingerprint density at radius 1 is 1.41 bits per heavy atom. The van der Waals surface area contributed by atoms with E-state index in [1.54, 1.807) is 5.32 Å². The number of carbonyl (C=O) groups is 1. The molecule has 0 aromatic heterocycles. The fourth-order valence-corrected chi connectivity index (χ4v) is 0.947. The van der Waals surface area contributed by atoms with Gasteiger partial charge in [-0.25, -0.2) is 0 Å². The standard InChI is InChI=1S/C9H17F3N2O3/c1-7(13-2-4-17-5-3-15)8(16)14-6-9(10,11)12/h7,13,15H,2-6H2,1H3,(H,14,16). The highest BCUT2D eigenvalue weighted by Crippen LogP contribution is 2.12. The van der Waals surface area contributed by atoms with Crippen molar-refractivity contribution in [3.63, 3.8) is 0 Å². The second kappa shape index (κ2) is 8.26. The minimum atomic E-state index is -4.40. The first-order valence-corrected chi connectivity index (χ1v) is 5.13. The fourth-order valence-electron chi connectivity index (χ4n) is 0.947. The van der Waals surface area contributed by atoms with Gasteiger partial charge in [0.1, 0.15) is 6.54 Å². The lowest BCUT2D eigenvalue weighted by molar-refractivity contribution is -0.139. The van der Waals surface area contributed by atoms with E-state index in [1.807, 2.05) is 0 Å². The van der Waals surface area contributed by atoms with Gasteiger partial charge in [-0.3, -0.25) is 4.79 Å². The minimum Gasteiger partial charge on any atom is -0.394 e. The van der Waals surface area contributed by atoms with Crippen LogP contribution in [0.1, 0.15) is 6.92 Å². The van der Waals surface area contributed by atoms with E-state index in [2.05, 4.69) is 5.32 Å².